The monoisotopic (exact) mass is 312 g/mol. The molecule has 21 heavy (non-hydrogen) atoms. The van der Waals surface area contributed by atoms with E-state index in [1.165, 1.54) is 23.3 Å². The van der Waals surface area contributed by atoms with Gasteiger partial charge in [-0.3, -0.25) is 4.79 Å². The molecule has 104 valence electrons. The zero-order valence-corrected chi connectivity index (χ0v) is 12.9. The molecule has 0 saturated carbocycles. The summed E-state index contributed by atoms with van der Waals surface area (Å²) in [5.74, 6) is -0.0762. The van der Waals surface area contributed by atoms with E-state index in [0.29, 0.717) is 11.3 Å². The van der Waals surface area contributed by atoms with Gasteiger partial charge in [0.25, 0.3) is 0 Å². The topological polar surface area (TPSA) is 42.9 Å². The van der Waals surface area contributed by atoms with Crippen molar-refractivity contribution in [3.63, 3.8) is 0 Å². The molecular weight excluding hydrogens is 300 g/mol. The molecule has 0 radical (unpaired) electrons. The van der Waals surface area contributed by atoms with Crippen molar-refractivity contribution in [3.05, 3.63) is 65.9 Å². The number of aromatic nitrogens is 2. The van der Waals surface area contributed by atoms with E-state index >= 15 is 0 Å². The highest BCUT2D eigenvalue weighted by molar-refractivity contribution is 8.00. The van der Waals surface area contributed by atoms with Gasteiger partial charge in [-0.2, -0.15) is 0 Å². The number of rotatable bonds is 4. The molecule has 3 rings (SSSR count). The maximum atomic E-state index is 12.4. The van der Waals surface area contributed by atoms with Gasteiger partial charge in [0.15, 0.2) is 5.69 Å². The van der Waals surface area contributed by atoms with Gasteiger partial charge < -0.3 is 0 Å². The van der Waals surface area contributed by atoms with Crippen molar-refractivity contribution in [2.24, 2.45) is 0 Å². The zero-order chi connectivity index (χ0) is 14.7. The Bertz CT molecular complexity index is 751. The number of carbonyl (C=O) groups excluding carboxylic acids is 1. The molecule has 5 heteroatoms. The third kappa shape index (κ3) is 2.89. The Labute approximate surface area is 131 Å². The number of ketones is 1. The van der Waals surface area contributed by atoms with E-state index < -0.39 is 0 Å². The minimum atomic E-state index is -0.0762. The lowest BCUT2D eigenvalue weighted by molar-refractivity contribution is 0.103. The number of hydrogen-bond donors (Lipinski definition) is 0. The lowest BCUT2D eigenvalue weighted by atomic mass is 10.0. The van der Waals surface area contributed by atoms with Crippen LogP contribution < -0.4 is 0 Å². The van der Waals surface area contributed by atoms with Crippen LogP contribution in [0.3, 0.4) is 0 Å². The van der Waals surface area contributed by atoms with Gasteiger partial charge in [-0.1, -0.05) is 59.1 Å². The molecule has 0 N–H and O–H groups in total. The highest BCUT2D eigenvalue weighted by Gasteiger charge is 2.17. The van der Waals surface area contributed by atoms with Crippen LogP contribution in [0.2, 0.25) is 0 Å². The van der Waals surface area contributed by atoms with Crippen LogP contribution in [-0.4, -0.2) is 21.6 Å². The Balaban J connectivity index is 1.89. The summed E-state index contributed by atoms with van der Waals surface area (Å²) in [7, 11) is 0. The maximum absolute atomic E-state index is 12.4. The molecule has 0 amide bonds. The van der Waals surface area contributed by atoms with Crippen molar-refractivity contribution in [2.45, 2.75) is 4.21 Å². The minimum Gasteiger partial charge on any atom is -0.287 e. The predicted molar refractivity (Wildman–Crippen MR) is 87.0 cm³/mol. The standard InChI is InChI=1S/C16H12N2OS2/c1-20-16-14(17-18-21-16)15(19)13-9-7-12(8-10-13)11-5-3-2-4-6-11/h2-10H,1H3. The summed E-state index contributed by atoms with van der Waals surface area (Å²) in [4.78, 5) is 12.4. The smallest absolute Gasteiger partial charge is 0.215 e. The van der Waals surface area contributed by atoms with E-state index in [-0.39, 0.29) is 5.78 Å². The molecular formula is C16H12N2OS2. The number of thioether (sulfide) groups is 1. The first-order valence-electron chi connectivity index (χ1n) is 6.36. The second-order valence-corrected chi connectivity index (χ2v) is 6.21. The van der Waals surface area contributed by atoms with Crippen molar-refractivity contribution in [1.29, 1.82) is 0 Å². The van der Waals surface area contributed by atoms with Crippen LogP contribution in [0.1, 0.15) is 16.1 Å². The van der Waals surface area contributed by atoms with E-state index in [1.807, 2.05) is 60.9 Å². The summed E-state index contributed by atoms with van der Waals surface area (Å²) in [5, 5.41) is 3.94. The number of carbonyl (C=O) groups is 1. The first kappa shape index (κ1) is 14.0. The molecule has 0 saturated heterocycles. The van der Waals surface area contributed by atoms with E-state index in [4.69, 9.17) is 0 Å². The highest BCUT2D eigenvalue weighted by Crippen LogP contribution is 2.25. The largest absolute Gasteiger partial charge is 0.287 e. The second kappa shape index (κ2) is 6.20. The first-order chi connectivity index (χ1) is 10.3. The van der Waals surface area contributed by atoms with Gasteiger partial charge in [0, 0.05) is 5.56 Å². The van der Waals surface area contributed by atoms with Gasteiger partial charge in [-0.15, -0.1) is 16.9 Å². The van der Waals surface area contributed by atoms with Crippen LogP contribution in [0.25, 0.3) is 11.1 Å². The second-order valence-electron chi connectivity index (χ2n) is 4.39. The predicted octanol–water partition coefficient (Wildman–Crippen LogP) is 4.16. The third-order valence-electron chi connectivity index (χ3n) is 3.11. The lowest BCUT2D eigenvalue weighted by Gasteiger charge is -2.03. The van der Waals surface area contributed by atoms with Gasteiger partial charge in [0.1, 0.15) is 4.21 Å². The average Bonchev–Trinajstić information content (AvgIpc) is 3.04. The lowest BCUT2D eigenvalue weighted by Crippen LogP contribution is -2.03. The maximum Gasteiger partial charge on any atom is 0.215 e. The van der Waals surface area contributed by atoms with Crippen molar-refractivity contribution >= 4 is 29.1 Å². The molecule has 1 aromatic heterocycles. The minimum absolute atomic E-state index is 0.0762. The van der Waals surface area contributed by atoms with Crippen LogP contribution in [0.4, 0.5) is 0 Å². The quantitative estimate of drug-likeness (QED) is 0.536. The SMILES string of the molecule is CSc1snnc1C(=O)c1ccc(-c2ccccc2)cc1. The summed E-state index contributed by atoms with van der Waals surface area (Å²) >= 11 is 2.75. The van der Waals surface area contributed by atoms with Gasteiger partial charge in [0.2, 0.25) is 5.78 Å². The summed E-state index contributed by atoms with van der Waals surface area (Å²) in [5.41, 5.74) is 3.31. The summed E-state index contributed by atoms with van der Waals surface area (Å²) in [6, 6.07) is 17.7. The molecule has 0 unspecified atom stereocenters. The van der Waals surface area contributed by atoms with Crippen LogP contribution in [0.15, 0.2) is 58.8 Å². The molecule has 0 aliphatic rings. The fraction of sp³-hybridized carbons (Fsp3) is 0.0625. The van der Waals surface area contributed by atoms with Crippen LogP contribution in [0, 0.1) is 0 Å². The van der Waals surface area contributed by atoms with E-state index in [1.54, 1.807) is 0 Å². The van der Waals surface area contributed by atoms with Crippen molar-refractivity contribution in [1.82, 2.24) is 9.59 Å². The van der Waals surface area contributed by atoms with Crippen LogP contribution in [0.5, 0.6) is 0 Å². The number of hydrogen-bond acceptors (Lipinski definition) is 5. The summed E-state index contributed by atoms with van der Waals surface area (Å²) in [6.07, 6.45) is 1.92. The fourth-order valence-electron chi connectivity index (χ4n) is 2.04. The summed E-state index contributed by atoms with van der Waals surface area (Å²) in [6.45, 7) is 0. The van der Waals surface area contributed by atoms with Gasteiger partial charge in [-0.05, 0) is 28.9 Å². The Morgan fingerprint density at radius 3 is 2.33 bits per heavy atom. The van der Waals surface area contributed by atoms with Gasteiger partial charge >= 0.3 is 0 Å². The molecule has 3 aromatic rings. The zero-order valence-electron chi connectivity index (χ0n) is 11.3. The van der Waals surface area contributed by atoms with Crippen LogP contribution in [-0.2, 0) is 0 Å². The third-order valence-corrected chi connectivity index (χ3v) is 4.92. The molecule has 1 heterocycles. The van der Waals surface area contributed by atoms with E-state index in [0.717, 1.165) is 15.3 Å². The van der Waals surface area contributed by atoms with Crippen molar-refractivity contribution in [3.8, 4) is 11.1 Å². The Kier molecular flexibility index (Phi) is 4.13. The number of nitrogens with zero attached hydrogens (tertiary/aromatic N) is 2. The average molecular weight is 312 g/mol. The van der Waals surface area contributed by atoms with Crippen LogP contribution >= 0.6 is 23.3 Å². The molecule has 0 fully saturated rings. The summed E-state index contributed by atoms with van der Waals surface area (Å²) < 4.78 is 4.71. The van der Waals surface area contributed by atoms with Crippen molar-refractivity contribution in [2.75, 3.05) is 6.26 Å². The van der Waals surface area contributed by atoms with Gasteiger partial charge in [0.05, 0.1) is 0 Å². The normalized spacial score (nSPS) is 10.5. The highest BCUT2D eigenvalue weighted by atomic mass is 32.2. The molecule has 0 aliphatic carbocycles. The van der Waals surface area contributed by atoms with E-state index in [9.17, 15) is 4.79 Å². The molecule has 3 nitrogen and oxygen atoms in total. The molecule has 0 bridgehead atoms. The van der Waals surface area contributed by atoms with Crippen molar-refractivity contribution < 1.29 is 4.79 Å². The molecule has 0 atom stereocenters. The Hall–Kier alpha value is -1.98. The molecule has 2 aromatic carbocycles. The van der Waals surface area contributed by atoms with E-state index in [2.05, 4.69) is 9.59 Å². The Morgan fingerprint density at radius 2 is 1.67 bits per heavy atom. The first-order valence-corrected chi connectivity index (χ1v) is 8.36. The molecule has 0 aliphatic heterocycles. The fourth-order valence-corrected chi connectivity index (χ4v) is 3.18. The number of benzene rings is 2. The molecule has 0 spiro atoms. The van der Waals surface area contributed by atoms with Gasteiger partial charge in [-0.25, -0.2) is 0 Å². The Morgan fingerprint density at radius 1 is 1.00 bits per heavy atom.